The molecule has 0 aromatic heterocycles. The number of aliphatic hydroxyl groups is 1. The number of aliphatic hydroxyl groups excluding tert-OH is 1. The summed E-state index contributed by atoms with van der Waals surface area (Å²) in [6.07, 6.45) is 5.14. The van der Waals surface area contributed by atoms with Crippen LogP contribution in [0.5, 0.6) is 0 Å². The lowest BCUT2D eigenvalue weighted by molar-refractivity contribution is 0.0926. The fourth-order valence-electron chi connectivity index (χ4n) is 4.84. The zero-order valence-corrected chi connectivity index (χ0v) is 23.8. The van der Waals surface area contributed by atoms with Crippen LogP contribution in [0.2, 0.25) is 0 Å². The van der Waals surface area contributed by atoms with Gasteiger partial charge in [-0.15, -0.1) is 0 Å². The average Bonchev–Trinajstić information content (AvgIpc) is 3.28. The summed E-state index contributed by atoms with van der Waals surface area (Å²) in [5, 5.41) is 11.3. The van der Waals surface area contributed by atoms with Crippen LogP contribution in [0.15, 0.2) is 36.4 Å². The second kappa shape index (κ2) is 16.9. The minimum Gasteiger partial charge on any atom is -0.449 e. The van der Waals surface area contributed by atoms with Gasteiger partial charge in [0.25, 0.3) is 0 Å². The van der Waals surface area contributed by atoms with E-state index in [2.05, 4.69) is 12.2 Å². The van der Waals surface area contributed by atoms with E-state index >= 15 is 0 Å². The summed E-state index contributed by atoms with van der Waals surface area (Å²) in [5.74, 6) is -0.200. The highest BCUT2D eigenvalue weighted by Gasteiger charge is 2.31. The SMILES string of the molecule is CCCCOCCCC(=O)c1ccc2c(c1)C(COC(=O)NC)c1cc(C(=O)CCCOCCCCO)ccc1-2. The number of nitrogens with one attached hydrogen (secondary N) is 1. The van der Waals surface area contributed by atoms with Crippen LogP contribution in [0.25, 0.3) is 11.1 Å². The van der Waals surface area contributed by atoms with Gasteiger partial charge in [-0.1, -0.05) is 37.6 Å². The number of Topliss-reactive ketones (excluding diaryl/α,β-unsaturated/α-hetero) is 2. The Hall–Kier alpha value is -3.07. The van der Waals surface area contributed by atoms with E-state index in [1.165, 1.54) is 7.05 Å². The van der Waals surface area contributed by atoms with Gasteiger partial charge in [-0.3, -0.25) is 9.59 Å². The van der Waals surface area contributed by atoms with E-state index in [0.29, 0.717) is 63.1 Å². The van der Waals surface area contributed by atoms with Crippen molar-refractivity contribution in [3.8, 4) is 11.1 Å². The first-order chi connectivity index (χ1) is 19.5. The van der Waals surface area contributed by atoms with Gasteiger partial charge in [0.15, 0.2) is 11.6 Å². The summed E-state index contributed by atoms with van der Waals surface area (Å²) in [5.41, 5.74) is 5.03. The van der Waals surface area contributed by atoms with Gasteiger partial charge in [0, 0.05) is 70.0 Å². The highest BCUT2D eigenvalue weighted by molar-refractivity contribution is 5.99. The largest absolute Gasteiger partial charge is 0.449 e. The van der Waals surface area contributed by atoms with Gasteiger partial charge in [-0.05, 0) is 66.5 Å². The standard InChI is InChI=1S/C32H43NO7/c1-3-4-16-38-18-7-9-30(35)23-11-13-25-26-14-12-24(31(36)10-8-19-39-17-6-5-15-34)21-28(26)29(27(25)20-23)22-40-32(37)33-2/h11-14,20-21,29,34H,3-10,15-19,22H2,1-2H3,(H,33,37). The van der Waals surface area contributed by atoms with Crippen LogP contribution in [0.4, 0.5) is 4.79 Å². The molecule has 1 unspecified atom stereocenters. The average molecular weight is 554 g/mol. The Bertz CT molecular complexity index is 1130. The number of unbranched alkanes of at least 4 members (excludes halogenated alkanes) is 2. The maximum atomic E-state index is 13.0. The Labute approximate surface area is 237 Å². The fraction of sp³-hybridized carbons (Fsp3) is 0.531. The molecule has 0 bridgehead atoms. The molecule has 1 aliphatic rings. The molecule has 3 rings (SSSR count). The molecule has 8 heteroatoms. The Balaban J connectivity index is 1.71. The quantitative estimate of drug-likeness (QED) is 0.170. The van der Waals surface area contributed by atoms with E-state index in [1.807, 2.05) is 36.4 Å². The first-order valence-electron chi connectivity index (χ1n) is 14.5. The zero-order valence-electron chi connectivity index (χ0n) is 23.8. The summed E-state index contributed by atoms with van der Waals surface area (Å²) < 4.78 is 16.6. The molecule has 1 amide bonds. The Kier molecular flexibility index (Phi) is 13.3. The normalized spacial score (nSPS) is 13.5. The van der Waals surface area contributed by atoms with Crippen molar-refractivity contribution in [3.05, 3.63) is 58.7 Å². The summed E-state index contributed by atoms with van der Waals surface area (Å²) in [6.45, 7) is 4.74. The molecule has 40 heavy (non-hydrogen) atoms. The van der Waals surface area contributed by atoms with Crippen molar-refractivity contribution in [2.24, 2.45) is 0 Å². The summed E-state index contributed by atoms with van der Waals surface area (Å²) in [7, 11) is 1.51. The summed E-state index contributed by atoms with van der Waals surface area (Å²) >= 11 is 0. The third-order valence-electron chi connectivity index (χ3n) is 7.10. The van der Waals surface area contributed by atoms with E-state index < -0.39 is 6.09 Å². The number of ketones is 2. The topological polar surface area (TPSA) is 111 Å². The fourth-order valence-corrected chi connectivity index (χ4v) is 4.84. The number of carbonyl (C=O) groups is 3. The second-order valence-electron chi connectivity index (χ2n) is 10.1. The van der Waals surface area contributed by atoms with E-state index in [-0.39, 0.29) is 30.7 Å². The molecule has 2 aromatic carbocycles. The van der Waals surface area contributed by atoms with Crippen molar-refractivity contribution >= 4 is 17.7 Å². The second-order valence-corrected chi connectivity index (χ2v) is 10.1. The van der Waals surface area contributed by atoms with Crippen LogP contribution in [-0.2, 0) is 14.2 Å². The van der Waals surface area contributed by atoms with Gasteiger partial charge in [0.2, 0.25) is 0 Å². The zero-order chi connectivity index (χ0) is 28.7. The van der Waals surface area contributed by atoms with Crippen LogP contribution in [0.3, 0.4) is 0 Å². The number of benzene rings is 2. The molecular formula is C32H43NO7. The third kappa shape index (κ3) is 8.98. The smallest absolute Gasteiger partial charge is 0.406 e. The van der Waals surface area contributed by atoms with Crippen LogP contribution in [0, 0.1) is 0 Å². The van der Waals surface area contributed by atoms with Gasteiger partial charge in [0.05, 0.1) is 0 Å². The van der Waals surface area contributed by atoms with Gasteiger partial charge >= 0.3 is 6.09 Å². The van der Waals surface area contributed by atoms with Crippen molar-refractivity contribution in [2.75, 3.05) is 46.7 Å². The molecule has 0 saturated heterocycles. The van der Waals surface area contributed by atoms with E-state index in [4.69, 9.17) is 19.3 Å². The van der Waals surface area contributed by atoms with E-state index in [9.17, 15) is 14.4 Å². The van der Waals surface area contributed by atoms with Gasteiger partial charge in [-0.25, -0.2) is 4.79 Å². The highest BCUT2D eigenvalue weighted by Crippen LogP contribution is 2.46. The monoisotopic (exact) mass is 553 g/mol. The van der Waals surface area contributed by atoms with Gasteiger partial charge < -0.3 is 24.6 Å². The van der Waals surface area contributed by atoms with E-state index in [1.54, 1.807) is 0 Å². The molecule has 0 radical (unpaired) electrons. The molecular weight excluding hydrogens is 510 g/mol. The number of fused-ring (bicyclic) bond motifs is 3. The van der Waals surface area contributed by atoms with Crippen LogP contribution >= 0.6 is 0 Å². The lowest BCUT2D eigenvalue weighted by atomic mass is 9.93. The Morgan fingerprint density at radius 1 is 0.775 bits per heavy atom. The number of rotatable bonds is 19. The number of alkyl carbamates (subject to hydrolysis) is 1. The molecule has 0 saturated carbocycles. The number of ether oxygens (including phenoxy) is 3. The molecule has 1 aliphatic carbocycles. The third-order valence-corrected chi connectivity index (χ3v) is 7.10. The maximum absolute atomic E-state index is 13.0. The number of hydrogen-bond donors (Lipinski definition) is 2. The molecule has 218 valence electrons. The first kappa shape index (κ1) is 31.5. The Morgan fingerprint density at radius 3 is 1.80 bits per heavy atom. The van der Waals surface area contributed by atoms with Crippen molar-refractivity contribution in [3.63, 3.8) is 0 Å². The predicted octanol–water partition coefficient (Wildman–Crippen LogP) is 5.69. The summed E-state index contributed by atoms with van der Waals surface area (Å²) in [6, 6.07) is 11.4. The van der Waals surface area contributed by atoms with Crippen molar-refractivity contribution < 1.29 is 33.7 Å². The first-order valence-corrected chi connectivity index (χ1v) is 14.5. The van der Waals surface area contributed by atoms with Crippen molar-refractivity contribution in [1.29, 1.82) is 0 Å². The number of carbonyl (C=O) groups excluding carboxylic acids is 3. The lowest BCUT2D eigenvalue weighted by Gasteiger charge is -2.15. The molecule has 2 N–H and O–H groups in total. The van der Waals surface area contributed by atoms with E-state index in [0.717, 1.165) is 48.1 Å². The predicted molar refractivity (Wildman–Crippen MR) is 154 cm³/mol. The van der Waals surface area contributed by atoms with Gasteiger partial charge in [-0.2, -0.15) is 0 Å². The minimum absolute atomic E-state index is 0.0284. The minimum atomic E-state index is -0.531. The van der Waals surface area contributed by atoms with Crippen LogP contribution < -0.4 is 5.32 Å². The number of hydrogen-bond acceptors (Lipinski definition) is 7. The lowest BCUT2D eigenvalue weighted by Crippen LogP contribution is -2.22. The molecule has 1 atom stereocenters. The molecule has 8 nitrogen and oxygen atoms in total. The molecule has 0 spiro atoms. The number of amides is 1. The Morgan fingerprint density at radius 2 is 1.30 bits per heavy atom. The van der Waals surface area contributed by atoms with Crippen molar-refractivity contribution in [2.45, 2.75) is 64.2 Å². The molecule has 0 fully saturated rings. The molecule has 0 aliphatic heterocycles. The molecule has 2 aromatic rings. The maximum Gasteiger partial charge on any atom is 0.406 e. The highest BCUT2D eigenvalue weighted by atomic mass is 16.5. The molecule has 0 heterocycles. The van der Waals surface area contributed by atoms with Crippen LogP contribution in [-0.4, -0.2) is 69.5 Å². The van der Waals surface area contributed by atoms with Crippen molar-refractivity contribution in [1.82, 2.24) is 5.32 Å². The summed E-state index contributed by atoms with van der Waals surface area (Å²) in [4.78, 5) is 37.8. The van der Waals surface area contributed by atoms with Crippen LogP contribution in [0.1, 0.15) is 96.1 Å². The van der Waals surface area contributed by atoms with Gasteiger partial charge in [0.1, 0.15) is 6.61 Å².